The van der Waals surface area contributed by atoms with Crippen LogP contribution < -0.4 is 0 Å². The summed E-state index contributed by atoms with van der Waals surface area (Å²) in [5.41, 5.74) is 2.29. The molecule has 1 unspecified atom stereocenters. The third kappa shape index (κ3) is 2.63. The van der Waals surface area contributed by atoms with E-state index < -0.39 is 5.97 Å². The zero-order valence-corrected chi connectivity index (χ0v) is 12.8. The van der Waals surface area contributed by atoms with Gasteiger partial charge in [0.1, 0.15) is 5.52 Å². The minimum Gasteiger partial charge on any atom is -0.481 e. The van der Waals surface area contributed by atoms with E-state index >= 15 is 0 Å². The third-order valence-electron chi connectivity index (χ3n) is 3.68. The summed E-state index contributed by atoms with van der Waals surface area (Å²) in [7, 11) is 0. The molecule has 0 spiro atoms. The monoisotopic (exact) mass is 307 g/mol. The number of carboxylic acid groups (broad SMARTS) is 1. The second-order valence-electron chi connectivity index (χ2n) is 5.51. The quantitative estimate of drug-likeness (QED) is 0.871. The number of carboxylic acids is 1. The number of fused-ring (bicyclic) bond motifs is 1. The van der Waals surface area contributed by atoms with Crippen molar-refractivity contribution < 1.29 is 14.6 Å². The van der Waals surface area contributed by atoms with Crippen molar-refractivity contribution >= 4 is 28.9 Å². The highest BCUT2D eigenvalue weighted by atomic mass is 32.2. The number of aromatic nitrogens is 3. The van der Waals surface area contributed by atoms with Crippen LogP contribution in [0.15, 0.2) is 17.3 Å². The molecule has 3 heterocycles. The van der Waals surface area contributed by atoms with Gasteiger partial charge in [-0.2, -0.15) is 0 Å². The van der Waals surface area contributed by atoms with Gasteiger partial charge in [0.15, 0.2) is 10.8 Å². The van der Waals surface area contributed by atoms with Crippen LogP contribution in [0.4, 0.5) is 0 Å². The maximum atomic E-state index is 10.9. The van der Waals surface area contributed by atoms with Gasteiger partial charge in [0.25, 0.3) is 0 Å². The maximum Gasteiger partial charge on any atom is 0.313 e. The molecule has 112 valence electrons. The normalized spacial score (nSPS) is 22.0. The van der Waals surface area contributed by atoms with Gasteiger partial charge >= 0.3 is 5.97 Å². The van der Waals surface area contributed by atoms with Crippen LogP contribution in [-0.4, -0.2) is 44.6 Å². The van der Waals surface area contributed by atoms with Crippen LogP contribution in [0, 0.1) is 6.92 Å². The van der Waals surface area contributed by atoms with Gasteiger partial charge in [-0.3, -0.25) is 9.36 Å². The second-order valence-corrected chi connectivity index (χ2v) is 6.45. The lowest BCUT2D eigenvalue weighted by molar-refractivity contribution is -0.133. The fourth-order valence-electron chi connectivity index (χ4n) is 2.57. The molecule has 0 radical (unpaired) electrons. The largest absolute Gasteiger partial charge is 0.481 e. The molecule has 3 rings (SSSR count). The summed E-state index contributed by atoms with van der Waals surface area (Å²) in [6.45, 7) is 5.34. The summed E-state index contributed by atoms with van der Waals surface area (Å²) in [5, 5.41) is 9.61. The summed E-state index contributed by atoms with van der Waals surface area (Å²) >= 11 is 1.23. The highest BCUT2D eigenvalue weighted by molar-refractivity contribution is 7.99. The first-order valence-corrected chi connectivity index (χ1v) is 7.77. The molecule has 21 heavy (non-hydrogen) atoms. The smallest absolute Gasteiger partial charge is 0.313 e. The molecule has 1 fully saturated rings. The first-order chi connectivity index (χ1) is 9.99. The van der Waals surface area contributed by atoms with Crippen molar-refractivity contribution in [1.82, 2.24) is 14.5 Å². The van der Waals surface area contributed by atoms with E-state index in [4.69, 9.17) is 9.84 Å². The number of aryl methyl sites for hydroxylation is 1. The summed E-state index contributed by atoms with van der Waals surface area (Å²) < 4.78 is 7.59. The van der Waals surface area contributed by atoms with Crippen LogP contribution in [-0.2, 0) is 15.1 Å². The van der Waals surface area contributed by atoms with Crippen molar-refractivity contribution in [2.45, 2.75) is 31.0 Å². The number of carbonyl (C=O) groups is 1. The molecule has 1 atom stereocenters. The molecule has 0 amide bonds. The summed E-state index contributed by atoms with van der Waals surface area (Å²) in [6, 6.07) is 3.84. The van der Waals surface area contributed by atoms with E-state index in [2.05, 4.69) is 21.5 Å². The minimum absolute atomic E-state index is 0.0146. The van der Waals surface area contributed by atoms with E-state index in [0.717, 1.165) is 23.3 Å². The Hall–Kier alpha value is -1.60. The van der Waals surface area contributed by atoms with E-state index in [9.17, 15) is 4.79 Å². The van der Waals surface area contributed by atoms with Crippen molar-refractivity contribution in [3.63, 3.8) is 0 Å². The first kappa shape index (κ1) is 14.3. The molecule has 0 aliphatic carbocycles. The zero-order valence-electron chi connectivity index (χ0n) is 12.0. The number of hydrogen-bond donors (Lipinski definition) is 1. The average Bonchev–Trinajstić information content (AvgIpc) is 3.00. The molecule has 2 aromatic rings. The van der Waals surface area contributed by atoms with Gasteiger partial charge in [0.05, 0.1) is 17.9 Å². The molecule has 6 nitrogen and oxygen atoms in total. The first-order valence-electron chi connectivity index (χ1n) is 6.78. The van der Waals surface area contributed by atoms with Crippen LogP contribution in [0.25, 0.3) is 11.2 Å². The van der Waals surface area contributed by atoms with Crippen LogP contribution in [0.1, 0.15) is 19.0 Å². The lowest BCUT2D eigenvalue weighted by Gasteiger charge is -2.26. The topological polar surface area (TPSA) is 77.2 Å². The van der Waals surface area contributed by atoms with Gasteiger partial charge in [0, 0.05) is 12.3 Å². The number of pyridine rings is 1. The van der Waals surface area contributed by atoms with Crippen molar-refractivity contribution in [3.05, 3.63) is 17.8 Å². The predicted molar refractivity (Wildman–Crippen MR) is 79.7 cm³/mol. The lowest BCUT2D eigenvalue weighted by Crippen LogP contribution is -2.31. The highest BCUT2D eigenvalue weighted by Crippen LogP contribution is 2.35. The number of ether oxygens (including phenoxy) is 1. The Morgan fingerprint density at radius 3 is 3.00 bits per heavy atom. The SMILES string of the molecule is Cc1ccc2nc(SCC(=O)O)n(C3(C)CCOC3)c2n1. The number of imidazole rings is 1. The van der Waals surface area contributed by atoms with E-state index in [1.165, 1.54) is 11.8 Å². The molecular weight excluding hydrogens is 290 g/mol. The van der Waals surface area contributed by atoms with E-state index in [1.54, 1.807) is 0 Å². The van der Waals surface area contributed by atoms with E-state index in [0.29, 0.717) is 18.4 Å². The maximum absolute atomic E-state index is 10.9. The summed E-state index contributed by atoms with van der Waals surface area (Å²) in [6.07, 6.45) is 0.870. The molecule has 1 N–H and O–H groups in total. The zero-order chi connectivity index (χ0) is 15.0. The van der Waals surface area contributed by atoms with Crippen LogP contribution in [0.3, 0.4) is 0 Å². The van der Waals surface area contributed by atoms with Gasteiger partial charge in [-0.15, -0.1) is 0 Å². The number of nitrogens with zero attached hydrogens (tertiary/aromatic N) is 3. The molecule has 0 saturated carbocycles. The van der Waals surface area contributed by atoms with Crippen molar-refractivity contribution in [2.24, 2.45) is 0 Å². The highest BCUT2D eigenvalue weighted by Gasteiger charge is 2.35. The molecule has 0 aromatic carbocycles. The van der Waals surface area contributed by atoms with Crippen molar-refractivity contribution in [1.29, 1.82) is 0 Å². The molecule has 0 bridgehead atoms. The number of hydrogen-bond acceptors (Lipinski definition) is 5. The molecular formula is C14H17N3O3S. The molecule has 1 aliphatic heterocycles. The van der Waals surface area contributed by atoms with Gasteiger partial charge in [-0.05, 0) is 32.4 Å². The Labute approximate surface area is 126 Å². The second kappa shape index (κ2) is 5.31. The van der Waals surface area contributed by atoms with Crippen LogP contribution >= 0.6 is 11.8 Å². The number of rotatable bonds is 4. The predicted octanol–water partition coefficient (Wildman–Crippen LogP) is 2.05. The van der Waals surface area contributed by atoms with Crippen molar-refractivity contribution in [3.8, 4) is 0 Å². The van der Waals surface area contributed by atoms with E-state index in [1.807, 2.05) is 19.1 Å². The Balaban J connectivity index is 2.14. The van der Waals surface area contributed by atoms with Gasteiger partial charge < -0.3 is 9.84 Å². The van der Waals surface area contributed by atoms with E-state index in [-0.39, 0.29) is 11.3 Å². The Morgan fingerprint density at radius 1 is 1.52 bits per heavy atom. The fourth-order valence-corrected chi connectivity index (χ4v) is 3.42. The molecule has 1 aliphatic rings. The number of aliphatic carboxylic acids is 1. The minimum atomic E-state index is -0.851. The van der Waals surface area contributed by atoms with Gasteiger partial charge in [-0.1, -0.05) is 11.8 Å². The molecule has 1 saturated heterocycles. The standard InChI is InChI=1S/C14H17N3O3S/c1-9-3-4-10-12(15-9)17(14(2)5-6-20-8-14)13(16-10)21-7-11(18)19/h3-4H,5-8H2,1-2H3,(H,18,19). The summed E-state index contributed by atoms with van der Waals surface area (Å²) in [4.78, 5) is 20.0. The Bertz CT molecular complexity index is 692. The summed E-state index contributed by atoms with van der Waals surface area (Å²) in [5.74, 6) is -0.866. The van der Waals surface area contributed by atoms with Gasteiger partial charge in [-0.25, -0.2) is 9.97 Å². The van der Waals surface area contributed by atoms with Crippen molar-refractivity contribution in [2.75, 3.05) is 19.0 Å². The average molecular weight is 307 g/mol. The fraction of sp³-hybridized carbons (Fsp3) is 0.500. The molecule has 7 heteroatoms. The lowest BCUT2D eigenvalue weighted by atomic mass is 10.0. The molecule has 2 aromatic heterocycles. The van der Waals surface area contributed by atoms with Crippen LogP contribution in [0.5, 0.6) is 0 Å². The van der Waals surface area contributed by atoms with Crippen LogP contribution in [0.2, 0.25) is 0 Å². The Kier molecular flexibility index (Phi) is 3.62. The Morgan fingerprint density at radius 2 is 2.33 bits per heavy atom. The third-order valence-corrected chi connectivity index (χ3v) is 4.60. The van der Waals surface area contributed by atoms with Gasteiger partial charge in [0.2, 0.25) is 0 Å². The number of thioether (sulfide) groups is 1.